The summed E-state index contributed by atoms with van der Waals surface area (Å²) in [7, 11) is 0. The van der Waals surface area contributed by atoms with Crippen molar-refractivity contribution >= 4 is 23.1 Å². The molecular formula is C23H20ClF4NO2. The molecule has 2 N–H and O–H groups in total. The van der Waals surface area contributed by atoms with Crippen molar-refractivity contribution in [3.05, 3.63) is 64.1 Å². The number of carbonyl (C=O) groups excluding carboxylic acids is 1. The Kier molecular flexibility index (Phi) is 5.28. The molecule has 0 radical (unpaired) electrons. The number of nitrogens with one attached hydrogen (secondary N) is 1. The number of carbonyl (C=O) groups is 1. The summed E-state index contributed by atoms with van der Waals surface area (Å²) >= 11 is 5.75. The van der Waals surface area contributed by atoms with Crippen LogP contribution in [0.15, 0.2) is 42.2 Å². The van der Waals surface area contributed by atoms with Gasteiger partial charge in [0.1, 0.15) is 11.6 Å². The highest BCUT2D eigenvalue weighted by Gasteiger charge is 2.52. The summed E-state index contributed by atoms with van der Waals surface area (Å²) in [5, 5.41) is 13.7. The largest absolute Gasteiger partial charge is 0.509 e. The molecule has 0 aromatic heterocycles. The minimum Gasteiger partial charge on any atom is -0.509 e. The summed E-state index contributed by atoms with van der Waals surface area (Å²) in [4.78, 5) is 12.8. The van der Waals surface area contributed by atoms with Gasteiger partial charge in [0.2, 0.25) is 0 Å². The maximum Gasteiger partial charge on any atom is 0.391 e. The zero-order valence-corrected chi connectivity index (χ0v) is 17.4. The first-order valence-corrected chi connectivity index (χ1v) is 10.3. The van der Waals surface area contributed by atoms with E-state index in [-0.39, 0.29) is 42.0 Å². The maximum atomic E-state index is 13.9. The fraction of sp³-hybridized carbons (Fsp3) is 0.348. The van der Waals surface area contributed by atoms with E-state index >= 15 is 0 Å². The zero-order valence-electron chi connectivity index (χ0n) is 16.6. The van der Waals surface area contributed by atoms with Gasteiger partial charge in [0.25, 0.3) is 5.91 Å². The van der Waals surface area contributed by atoms with Gasteiger partial charge in [-0.05, 0) is 73.1 Å². The molecule has 1 fully saturated rings. The molecule has 164 valence electrons. The Hall–Kier alpha value is -2.54. The van der Waals surface area contributed by atoms with Gasteiger partial charge in [-0.25, -0.2) is 4.39 Å². The Balaban J connectivity index is 1.72. The normalized spacial score (nSPS) is 24.1. The highest BCUT2D eigenvalue weighted by molar-refractivity contribution is 6.30. The third-order valence-corrected chi connectivity index (χ3v) is 6.64. The second-order valence-electron chi connectivity index (χ2n) is 8.23. The fourth-order valence-electron chi connectivity index (χ4n) is 4.48. The van der Waals surface area contributed by atoms with Crippen LogP contribution in [0.5, 0.6) is 0 Å². The summed E-state index contributed by atoms with van der Waals surface area (Å²) in [6.07, 6.45) is -4.59. The first-order chi connectivity index (χ1) is 14.5. The quantitative estimate of drug-likeness (QED) is 0.521. The fourth-order valence-corrected chi connectivity index (χ4v) is 4.60. The van der Waals surface area contributed by atoms with E-state index in [9.17, 15) is 27.5 Å². The van der Waals surface area contributed by atoms with Crippen LogP contribution in [0.2, 0.25) is 5.02 Å². The second-order valence-corrected chi connectivity index (χ2v) is 8.64. The van der Waals surface area contributed by atoms with Gasteiger partial charge in [-0.15, -0.1) is 0 Å². The number of halogens is 5. The van der Waals surface area contributed by atoms with E-state index in [4.69, 9.17) is 11.6 Å². The molecule has 0 bridgehead atoms. The highest BCUT2D eigenvalue weighted by Crippen LogP contribution is 2.47. The van der Waals surface area contributed by atoms with Gasteiger partial charge in [0, 0.05) is 0 Å². The minimum absolute atomic E-state index is 0.0111. The molecule has 0 unspecified atom stereocenters. The molecule has 2 aromatic carbocycles. The average molecular weight is 454 g/mol. The number of alkyl halides is 3. The molecular weight excluding hydrogens is 434 g/mol. The van der Waals surface area contributed by atoms with E-state index in [0.717, 1.165) is 0 Å². The molecule has 1 spiro atoms. The minimum atomic E-state index is -4.29. The van der Waals surface area contributed by atoms with Gasteiger partial charge in [0.05, 0.1) is 22.1 Å². The summed E-state index contributed by atoms with van der Waals surface area (Å²) in [6, 6.07) is 9.53. The number of aliphatic hydroxyl groups excluding tert-OH is 1. The van der Waals surface area contributed by atoms with E-state index in [2.05, 4.69) is 5.32 Å². The molecule has 0 saturated heterocycles. The molecule has 3 nitrogen and oxygen atoms in total. The topological polar surface area (TPSA) is 49.3 Å². The number of aliphatic hydroxyl groups is 1. The third-order valence-electron chi connectivity index (χ3n) is 6.33. The summed E-state index contributed by atoms with van der Waals surface area (Å²) < 4.78 is 53.0. The van der Waals surface area contributed by atoms with Crippen molar-refractivity contribution in [3.8, 4) is 11.1 Å². The van der Waals surface area contributed by atoms with Gasteiger partial charge in [0.15, 0.2) is 0 Å². The number of hydrogen-bond acceptors (Lipinski definition) is 2. The van der Waals surface area contributed by atoms with Gasteiger partial charge < -0.3 is 10.4 Å². The highest BCUT2D eigenvalue weighted by atomic mass is 35.5. The summed E-state index contributed by atoms with van der Waals surface area (Å²) in [6.45, 7) is 1.76. The van der Waals surface area contributed by atoms with Crippen LogP contribution in [0.1, 0.15) is 36.8 Å². The smallest absolute Gasteiger partial charge is 0.391 e. The molecule has 2 aromatic rings. The van der Waals surface area contributed by atoms with Gasteiger partial charge in [-0.2, -0.15) is 13.2 Å². The van der Waals surface area contributed by atoms with E-state index in [1.807, 2.05) is 0 Å². The van der Waals surface area contributed by atoms with Crippen molar-refractivity contribution in [2.75, 3.05) is 0 Å². The molecule has 1 heterocycles. The zero-order chi connectivity index (χ0) is 22.6. The molecule has 2 aliphatic rings. The first kappa shape index (κ1) is 21.7. The number of hydrogen-bond donors (Lipinski definition) is 2. The van der Waals surface area contributed by atoms with Crippen LogP contribution < -0.4 is 5.32 Å². The summed E-state index contributed by atoms with van der Waals surface area (Å²) in [5.41, 5.74) is 1.20. The molecule has 1 aliphatic heterocycles. The van der Waals surface area contributed by atoms with E-state index in [0.29, 0.717) is 22.3 Å². The van der Waals surface area contributed by atoms with Gasteiger partial charge in [-0.3, -0.25) is 4.79 Å². The van der Waals surface area contributed by atoms with Crippen LogP contribution in [0.3, 0.4) is 0 Å². The third kappa shape index (κ3) is 3.80. The Morgan fingerprint density at radius 2 is 1.71 bits per heavy atom. The first-order valence-electron chi connectivity index (χ1n) is 9.91. The lowest BCUT2D eigenvalue weighted by molar-refractivity contribution is -0.184. The number of amides is 1. The lowest BCUT2D eigenvalue weighted by atomic mass is 9.75. The Bertz CT molecular complexity index is 1090. The van der Waals surface area contributed by atoms with Crippen molar-refractivity contribution in [3.63, 3.8) is 0 Å². The second kappa shape index (κ2) is 7.55. The van der Waals surface area contributed by atoms with Crippen LogP contribution >= 0.6 is 11.6 Å². The predicted molar refractivity (Wildman–Crippen MR) is 110 cm³/mol. The van der Waals surface area contributed by atoms with Crippen molar-refractivity contribution in [2.24, 2.45) is 5.92 Å². The van der Waals surface area contributed by atoms with Crippen LogP contribution in [-0.4, -0.2) is 22.7 Å². The molecule has 1 aliphatic carbocycles. The van der Waals surface area contributed by atoms with Gasteiger partial charge >= 0.3 is 6.18 Å². The molecule has 31 heavy (non-hydrogen) atoms. The van der Waals surface area contributed by atoms with Crippen LogP contribution in [-0.2, 0) is 4.79 Å². The number of benzene rings is 2. The molecule has 0 atom stereocenters. The lowest BCUT2D eigenvalue weighted by Crippen LogP contribution is -2.48. The molecule has 4 rings (SSSR count). The van der Waals surface area contributed by atoms with E-state index < -0.39 is 29.4 Å². The van der Waals surface area contributed by atoms with Crippen LogP contribution in [0.25, 0.3) is 16.7 Å². The van der Waals surface area contributed by atoms with Crippen LogP contribution in [0, 0.1) is 18.7 Å². The van der Waals surface area contributed by atoms with Crippen molar-refractivity contribution in [1.82, 2.24) is 5.32 Å². The van der Waals surface area contributed by atoms with E-state index in [1.165, 1.54) is 12.1 Å². The standard InChI is InChI=1S/C23H20ClF4NO2/c1-12-2-3-13(14-4-5-17(24)18(25)11-14)10-16(12)19-20(30)22(29-21(19)31)8-6-15(7-9-22)23(26,27)28/h2-5,10-11,15,30H,6-9H2,1H3,(H,29,31)/t15-,22-. The van der Waals surface area contributed by atoms with Crippen molar-refractivity contribution in [2.45, 2.75) is 44.3 Å². The predicted octanol–water partition coefficient (Wildman–Crippen LogP) is 6.34. The Morgan fingerprint density at radius 1 is 1.10 bits per heavy atom. The SMILES string of the molecule is Cc1ccc(-c2ccc(Cl)c(F)c2)cc1C1=C(O)[C@]2(CC[C@@H](C(F)(F)F)CC2)NC1=O. The molecule has 8 heteroatoms. The monoisotopic (exact) mass is 453 g/mol. The Morgan fingerprint density at radius 3 is 2.32 bits per heavy atom. The number of rotatable bonds is 2. The van der Waals surface area contributed by atoms with Crippen molar-refractivity contribution in [1.29, 1.82) is 0 Å². The molecule has 1 amide bonds. The average Bonchev–Trinajstić information content (AvgIpc) is 2.94. The van der Waals surface area contributed by atoms with Crippen molar-refractivity contribution < 1.29 is 27.5 Å². The van der Waals surface area contributed by atoms with Gasteiger partial charge in [-0.1, -0.05) is 29.8 Å². The summed E-state index contributed by atoms with van der Waals surface area (Å²) in [5.74, 6) is -2.76. The molecule has 1 saturated carbocycles. The Labute approximate surface area is 181 Å². The van der Waals surface area contributed by atoms with E-state index in [1.54, 1.807) is 31.2 Å². The maximum absolute atomic E-state index is 13.9. The van der Waals surface area contributed by atoms with Crippen LogP contribution in [0.4, 0.5) is 17.6 Å². The number of aryl methyl sites for hydroxylation is 1. The lowest BCUT2D eigenvalue weighted by Gasteiger charge is -2.37.